The monoisotopic (exact) mass is 417 g/mol. The molecule has 1 amide bonds. The Morgan fingerprint density at radius 2 is 1.83 bits per heavy atom. The Morgan fingerprint density at radius 3 is 2.50 bits per heavy atom. The number of amides is 1. The Hall–Kier alpha value is -2.57. The maximum absolute atomic E-state index is 12.7. The zero-order valence-corrected chi connectivity index (χ0v) is 18.4. The number of fused-ring (bicyclic) bond motifs is 2. The molecule has 1 aliphatic carbocycles. The number of esters is 1. The fourth-order valence-electron chi connectivity index (χ4n) is 5.16. The number of hydrogen-bond acceptors (Lipinski definition) is 6. The number of hydrogen-bond donors (Lipinski definition) is 0. The zero-order chi connectivity index (χ0) is 22.1. The second-order valence-electron chi connectivity index (χ2n) is 9.61. The number of Topliss-reactive ketones (excluding diaryl/α,β-unsaturated/α-hetero) is 1. The zero-order valence-electron chi connectivity index (χ0n) is 18.4. The van der Waals surface area contributed by atoms with E-state index < -0.39 is 5.97 Å². The number of methoxy groups -OCH3 is 1. The summed E-state index contributed by atoms with van der Waals surface area (Å²) in [5.41, 5.74) is 0.839. The van der Waals surface area contributed by atoms with Crippen LogP contribution in [-0.2, 0) is 14.3 Å². The molecule has 0 N–H and O–H groups in total. The van der Waals surface area contributed by atoms with Gasteiger partial charge in [0, 0.05) is 18.2 Å². The molecule has 0 radical (unpaired) electrons. The van der Waals surface area contributed by atoms with Crippen molar-refractivity contribution in [3.63, 3.8) is 0 Å². The molecule has 2 bridgehead atoms. The van der Waals surface area contributed by atoms with Crippen LogP contribution in [-0.4, -0.2) is 55.5 Å². The van der Waals surface area contributed by atoms with Crippen molar-refractivity contribution < 1.29 is 28.6 Å². The first-order valence-corrected chi connectivity index (χ1v) is 10.3. The van der Waals surface area contributed by atoms with Gasteiger partial charge in [-0.3, -0.25) is 9.59 Å². The second kappa shape index (κ2) is 8.28. The minimum absolute atomic E-state index is 0.0959. The average molecular weight is 418 g/mol. The predicted octanol–water partition coefficient (Wildman–Crippen LogP) is 3.25. The van der Waals surface area contributed by atoms with Crippen LogP contribution in [0.2, 0.25) is 0 Å². The number of benzene rings is 1. The van der Waals surface area contributed by atoms with Crippen molar-refractivity contribution in [3.05, 3.63) is 23.8 Å². The molecule has 7 heteroatoms. The quantitative estimate of drug-likeness (QED) is 0.500. The third-order valence-corrected chi connectivity index (χ3v) is 6.01. The normalized spacial score (nSPS) is 24.3. The van der Waals surface area contributed by atoms with E-state index in [2.05, 4.69) is 20.8 Å². The minimum Gasteiger partial charge on any atom is -0.493 e. The molecule has 3 rings (SSSR count). The Morgan fingerprint density at radius 1 is 1.10 bits per heavy atom. The van der Waals surface area contributed by atoms with Crippen LogP contribution in [0.3, 0.4) is 0 Å². The highest BCUT2D eigenvalue weighted by molar-refractivity contribution is 5.94. The van der Waals surface area contributed by atoms with Gasteiger partial charge < -0.3 is 19.1 Å². The Bertz CT molecular complexity index is 848. The molecule has 1 saturated carbocycles. The van der Waals surface area contributed by atoms with Crippen molar-refractivity contribution in [3.8, 4) is 11.5 Å². The summed E-state index contributed by atoms with van der Waals surface area (Å²) in [4.78, 5) is 38.1. The lowest BCUT2D eigenvalue weighted by atomic mass is 9.65. The summed E-state index contributed by atoms with van der Waals surface area (Å²) < 4.78 is 15.8. The van der Waals surface area contributed by atoms with Gasteiger partial charge in [0.05, 0.1) is 7.11 Å². The van der Waals surface area contributed by atoms with Crippen molar-refractivity contribution in [2.24, 2.45) is 10.8 Å². The largest absolute Gasteiger partial charge is 0.493 e. The van der Waals surface area contributed by atoms with E-state index in [9.17, 15) is 14.4 Å². The molecule has 1 saturated heterocycles. The lowest BCUT2D eigenvalue weighted by Gasteiger charge is -2.39. The van der Waals surface area contributed by atoms with E-state index in [0.29, 0.717) is 23.6 Å². The Labute approximate surface area is 177 Å². The molecule has 1 aromatic carbocycles. The van der Waals surface area contributed by atoms with Gasteiger partial charge in [-0.25, -0.2) is 4.79 Å². The van der Waals surface area contributed by atoms with E-state index >= 15 is 0 Å². The molecule has 1 heterocycles. The fraction of sp³-hybridized carbons (Fsp3) is 0.609. The van der Waals surface area contributed by atoms with Gasteiger partial charge in [-0.2, -0.15) is 0 Å². The van der Waals surface area contributed by atoms with Crippen LogP contribution >= 0.6 is 0 Å². The SMILES string of the molecule is COc1cc(C(C)=O)ccc1OCC(=O)OCC(=O)N1C[C@]2(C)C[C@H]1CC(C)(C)C2. The van der Waals surface area contributed by atoms with E-state index in [-0.39, 0.29) is 41.8 Å². The van der Waals surface area contributed by atoms with Crippen molar-refractivity contribution in [1.29, 1.82) is 0 Å². The van der Waals surface area contributed by atoms with Gasteiger partial charge in [0.15, 0.2) is 30.5 Å². The maximum Gasteiger partial charge on any atom is 0.344 e. The molecular formula is C23H31NO6. The molecule has 1 aliphatic heterocycles. The molecule has 164 valence electrons. The smallest absolute Gasteiger partial charge is 0.344 e. The summed E-state index contributed by atoms with van der Waals surface area (Å²) in [5, 5.41) is 0. The number of ether oxygens (including phenoxy) is 3. The fourth-order valence-corrected chi connectivity index (χ4v) is 5.16. The topological polar surface area (TPSA) is 82.1 Å². The van der Waals surface area contributed by atoms with Gasteiger partial charge in [-0.15, -0.1) is 0 Å². The van der Waals surface area contributed by atoms with Gasteiger partial charge in [-0.05, 0) is 55.2 Å². The number of nitrogens with zero attached hydrogens (tertiary/aromatic N) is 1. The molecule has 0 unspecified atom stereocenters. The number of ketones is 1. The van der Waals surface area contributed by atoms with E-state index in [0.717, 1.165) is 19.3 Å². The van der Waals surface area contributed by atoms with Gasteiger partial charge in [0.25, 0.3) is 5.91 Å². The van der Waals surface area contributed by atoms with Crippen LogP contribution in [0.15, 0.2) is 18.2 Å². The van der Waals surface area contributed by atoms with E-state index in [4.69, 9.17) is 14.2 Å². The minimum atomic E-state index is -0.630. The second-order valence-corrected chi connectivity index (χ2v) is 9.61. The Balaban J connectivity index is 1.51. The first kappa shape index (κ1) is 22.1. The molecule has 7 nitrogen and oxygen atoms in total. The predicted molar refractivity (Wildman–Crippen MR) is 111 cm³/mol. The number of carbonyl (C=O) groups is 3. The molecule has 0 spiro atoms. The molecule has 2 atom stereocenters. The van der Waals surface area contributed by atoms with Crippen LogP contribution in [0.25, 0.3) is 0 Å². The van der Waals surface area contributed by atoms with Crippen molar-refractivity contribution >= 4 is 17.7 Å². The van der Waals surface area contributed by atoms with Crippen LogP contribution in [0, 0.1) is 10.8 Å². The van der Waals surface area contributed by atoms with Crippen LogP contribution < -0.4 is 9.47 Å². The number of carbonyl (C=O) groups excluding carboxylic acids is 3. The third-order valence-electron chi connectivity index (χ3n) is 6.01. The first-order valence-electron chi connectivity index (χ1n) is 10.3. The van der Waals surface area contributed by atoms with Crippen LogP contribution in [0.5, 0.6) is 11.5 Å². The summed E-state index contributed by atoms with van der Waals surface area (Å²) in [7, 11) is 1.46. The summed E-state index contributed by atoms with van der Waals surface area (Å²) in [6, 6.07) is 4.94. The van der Waals surface area contributed by atoms with Crippen molar-refractivity contribution in [1.82, 2.24) is 4.90 Å². The van der Waals surface area contributed by atoms with Crippen molar-refractivity contribution in [2.45, 2.75) is 53.0 Å². The highest BCUT2D eigenvalue weighted by atomic mass is 16.6. The average Bonchev–Trinajstić information content (AvgIpc) is 2.92. The first-order chi connectivity index (χ1) is 14.0. The van der Waals surface area contributed by atoms with Gasteiger partial charge in [-0.1, -0.05) is 20.8 Å². The lowest BCUT2D eigenvalue weighted by molar-refractivity contribution is -0.154. The summed E-state index contributed by atoms with van der Waals surface area (Å²) in [6.45, 7) is 8.28. The third kappa shape index (κ3) is 4.94. The standard InChI is InChI=1S/C23H31NO6/c1-15(25)16-6-7-18(19(8-16)28-5)29-12-21(27)30-11-20(26)24-14-23(4)10-17(24)9-22(2,3)13-23/h6-8,17H,9-14H2,1-5H3/t17-,23-/m1/s1. The summed E-state index contributed by atoms with van der Waals surface area (Å²) >= 11 is 0. The summed E-state index contributed by atoms with van der Waals surface area (Å²) in [5.74, 6) is -0.199. The highest BCUT2D eigenvalue weighted by Gasteiger charge is 2.50. The molecule has 0 aromatic heterocycles. The molecular weight excluding hydrogens is 386 g/mol. The molecule has 2 fully saturated rings. The van der Waals surface area contributed by atoms with Gasteiger partial charge in [0.1, 0.15) is 0 Å². The van der Waals surface area contributed by atoms with Gasteiger partial charge in [0.2, 0.25) is 0 Å². The summed E-state index contributed by atoms with van der Waals surface area (Å²) in [6.07, 6.45) is 3.08. The van der Waals surface area contributed by atoms with E-state index in [1.807, 2.05) is 4.90 Å². The highest BCUT2D eigenvalue weighted by Crippen LogP contribution is 2.52. The number of likely N-dealkylation sites (tertiary alicyclic amines) is 1. The molecule has 30 heavy (non-hydrogen) atoms. The van der Waals surface area contributed by atoms with Gasteiger partial charge >= 0.3 is 5.97 Å². The number of rotatable bonds is 7. The Kier molecular flexibility index (Phi) is 6.11. The maximum atomic E-state index is 12.7. The van der Waals surface area contributed by atoms with Crippen LogP contribution in [0.4, 0.5) is 0 Å². The van der Waals surface area contributed by atoms with Crippen molar-refractivity contribution in [2.75, 3.05) is 26.9 Å². The van der Waals surface area contributed by atoms with E-state index in [1.54, 1.807) is 18.2 Å². The molecule has 1 aromatic rings. The van der Waals surface area contributed by atoms with E-state index in [1.165, 1.54) is 14.0 Å². The molecule has 2 aliphatic rings. The van der Waals surface area contributed by atoms with Crippen LogP contribution in [0.1, 0.15) is 57.3 Å². The lowest BCUT2D eigenvalue weighted by Crippen LogP contribution is -2.40.